The standard InChI is InChI=1S/C17H20N4O/c1-2-13-20-14-15(21(13)10-9-17(22)7-8-17)11-5-3-4-6-12(11)19-16(14)18/h3-6,22H,2,7-10H2,1H3,(H2,18,19). The molecule has 1 fully saturated rings. The molecule has 22 heavy (non-hydrogen) atoms. The molecule has 1 aliphatic carbocycles. The number of aromatic nitrogens is 3. The lowest BCUT2D eigenvalue weighted by Crippen LogP contribution is -2.13. The second-order valence-electron chi connectivity index (χ2n) is 6.22. The molecule has 1 aliphatic rings. The van der Waals surface area contributed by atoms with Crippen molar-refractivity contribution < 1.29 is 5.11 Å². The SMILES string of the molecule is CCc1nc2c(N)nc3ccccc3c2n1CCC1(O)CC1. The summed E-state index contributed by atoms with van der Waals surface area (Å²) in [5.41, 5.74) is 8.37. The summed E-state index contributed by atoms with van der Waals surface area (Å²) >= 11 is 0. The quantitative estimate of drug-likeness (QED) is 0.776. The van der Waals surface area contributed by atoms with Gasteiger partial charge in [0.15, 0.2) is 5.82 Å². The first-order chi connectivity index (χ1) is 10.6. The Kier molecular flexibility index (Phi) is 2.87. The Morgan fingerprint density at radius 1 is 1.27 bits per heavy atom. The van der Waals surface area contributed by atoms with Gasteiger partial charge in [-0.3, -0.25) is 0 Å². The van der Waals surface area contributed by atoms with Gasteiger partial charge >= 0.3 is 0 Å². The predicted molar refractivity (Wildman–Crippen MR) is 87.6 cm³/mol. The maximum atomic E-state index is 10.2. The molecule has 0 saturated heterocycles. The number of nitrogens with zero attached hydrogens (tertiary/aromatic N) is 3. The normalized spacial score (nSPS) is 16.5. The minimum absolute atomic E-state index is 0.462. The lowest BCUT2D eigenvalue weighted by Gasteiger charge is -2.12. The second kappa shape index (κ2) is 4.68. The monoisotopic (exact) mass is 296 g/mol. The molecule has 3 N–H and O–H groups in total. The number of anilines is 1. The third kappa shape index (κ3) is 2.04. The molecule has 0 unspecified atom stereocenters. The van der Waals surface area contributed by atoms with Crippen LogP contribution in [-0.4, -0.2) is 25.2 Å². The van der Waals surface area contributed by atoms with Crippen LogP contribution in [0.1, 0.15) is 32.0 Å². The van der Waals surface area contributed by atoms with Crippen LogP contribution in [0.3, 0.4) is 0 Å². The van der Waals surface area contributed by atoms with Crippen molar-refractivity contribution in [1.29, 1.82) is 0 Å². The number of benzene rings is 1. The van der Waals surface area contributed by atoms with Crippen molar-refractivity contribution in [2.24, 2.45) is 0 Å². The molecule has 2 heterocycles. The van der Waals surface area contributed by atoms with Crippen LogP contribution in [0.5, 0.6) is 0 Å². The zero-order valence-electron chi connectivity index (χ0n) is 12.7. The first kappa shape index (κ1) is 13.5. The minimum Gasteiger partial charge on any atom is -0.390 e. The van der Waals surface area contributed by atoms with Gasteiger partial charge in [0.25, 0.3) is 0 Å². The highest BCUT2D eigenvalue weighted by atomic mass is 16.3. The van der Waals surface area contributed by atoms with Crippen molar-refractivity contribution in [2.45, 2.75) is 44.8 Å². The molecule has 0 radical (unpaired) electrons. The molecule has 0 amide bonds. The highest BCUT2D eigenvalue weighted by molar-refractivity contribution is 6.06. The lowest BCUT2D eigenvalue weighted by atomic mass is 10.1. The van der Waals surface area contributed by atoms with Crippen LogP contribution in [0.2, 0.25) is 0 Å². The van der Waals surface area contributed by atoms with E-state index in [1.807, 2.05) is 18.2 Å². The fraction of sp³-hybridized carbons (Fsp3) is 0.412. The molecule has 0 atom stereocenters. The van der Waals surface area contributed by atoms with E-state index in [9.17, 15) is 5.11 Å². The molecule has 1 aromatic carbocycles. The van der Waals surface area contributed by atoms with E-state index in [0.29, 0.717) is 5.82 Å². The second-order valence-corrected chi connectivity index (χ2v) is 6.22. The van der Waals surface area contributed by atoms with E-state index in [4.69, 9.17) is 10.7 Å². The van der Waals surface area contributed by atoms with Gasteiger partial charge in [-0.05, 0) is 25.3 Å². The Morgan fingerprint density at radius 2 is 2.05 bits per heavy atom. The van der Waals surface area contributed by atoms with Crippen molar-refractivity contribution in [2.75, 3.05) is 5.73 Å². The maximum Gasteiger partial charge on any atom is 0.152 e. The summed E-state index contributed by atoms with van der Waals surface area (Å²) in [6, 6.07) is 8.02. The average Bonchev–Trinajstić information content (AvgIpc) is 3.13. The molecular weight excluding hydrogens is 276 g/mol. The molecule has 5 heteroatoms. The van der Waals surface area contributed by atoms with Crippen LogP contribution in [0.25, 0.3) is 21.9 Å². The van der Waals surface area contributed by atoms with E-state index in [-0.39, 0.29) is 0 Å². The number of hydrogen-bond donors (Lipinski definition) is 2. The van der Waals surface area contributed by atoms with Crippen molar-refractivity contribution in [3.63, 3.8) is 0 Å². The number of nitrogens with two attached hydrogens (primary N) is 1. The summed E-state index contributed by atoms with van der Waals surface area (Å²) in [5.74, 6) is 1.48. The molecule has 3 aromatic rings. The summed E-state index contributed by atoms with van der Waals surface area (Å²) in [6.07, 6.45) is 3.42. The van der Waals surface area contributed by atoms with Crippen LogP contribution in [0.4, 0.5) is 5.82 Å². The van der Waals surface area contributed by atoms with E-state index in [0.717, 1.165) is 60.0 Å². The highest BCUT2D eigenvalue weighted by Gasteiger charge is 2.39. The number of para-hydroxylation sites is 1. The van der Waals surface area contributed by atoms with Crippen LogP contribution >= 0.6 is 0 Å². The maximum absolute atomic E-state index is 10.2. The minimum atomic E-state index is -0.462. The van der Waals surface area contributed by atoms with Crippen LogP contribution < -0.4 is 5.73 Å². The highest BCUT2D eigenvalue weighted by Crippen LogP contribution is 2.39. The van der Waals surface area contributed by atoms with Crippen molar-refractivity contribution in [3.05, 3.63) is 30.1 Å². The van der Waals surface area contributed by atoms with Gasteiger partial charge in [-0.2, -0.15) is 0 Å². The van der Waals surface area contributed by atoms with E-state index >= 15 is 0 Å². The summed E-state index contributed by atoms with van der Waals surface area (Å²) in [5, 5.41) is 11.2. The topological polar surface area (TPSA) is 77.0 Å². The summed E-state index contributed by atoms with van der Waals surface area (Å²) < 4.78 is 2.21. The van der Waals surface area contributed by atoms with Gasteiger partial charge in [0.2, 0.25) is 0 Å². The molecule has 2 aromatic heterocycles. The number of aliphatic hydroxyl groups is 1. The van der Waals surface area contributed by atoms with Crippen molar-refractivity contribution >= 4 is 27.8 Å². The third-order valence-corrected chi connectivity index (χ3v) is 4.63. The Hall–Kier alpha value is -2.14. The van der Waals surface area contributed by atoms with Crippen LogP contribution in [0, 0.1) is 0 Å². The molecule has 1 saturated carbocycles. The van der Waals surface area contributed by atoms with Gasteiger partial charge < -0.3 is 15.4 Å². The van der Waals surface area contributed by atoms with E-state index < -0.39 is 5.60 Å². The molecule has 5 nitrogen and oxygen atoms in total. The van der Waals surface area contributed by atoms with Gasteiger partial charge in [0.05, 0.1) is 16.6 Å². The average molecular weight is 296 g/mol. The van der Waals surface area contributed by atoms with Gasteiger partial charge in [0.1, 0.15) is 11.3 Å². The number of pyridine rings is 1. The summed E-state index contributed by atoms with van der Waals surface area (Å²) in [6.45, 7) is 2.86. The number of aryl methyl sites for hydroxylation is 2. The Bertz CT molecular complexity index is 864. The number of fused-ring (bicyclic) bond motifs is 3. The van der Waals surface area contributed by atoms with Crippen LogP contribution in [0.15, 0.2) is 24.3 Å². The lowest BCUT2D eigenvalue weighted by molar-refractivity contribution is 0.134. The Morgan fingerprint density at radius 3 is 2.77 bits per heavy atom. The molecule has 0 aliphatic heterocycles. The van der Waals surface area contributed by atoms with Gasteiger partial charge in [0, 0.05) is 18.4 Å². The fourth-order valence-corrected chi connectivity index (χ4v) is 3.13. The van der Waals surface area contributed by atoms with Gasteiger partial charge in [-0.1, -0.05) is 25.1 Å². The third-order valence-electron chi connectivity index (χ3n) is 4.63. The summed E-state index contributed by atoms with van der Waals surface area (Å²) in [4.78, 5) is 9.16. The molecular formula is C17H20N4O. The van der Waals surface area contributed by atoms with E-state index in [1.54, 1.807) is 0 Å². The smallest absolute Gasteiger partial charge is 0.152 e. The number of rotatable bonds is 4. The van der Waals surface area contributed by atoms with Crippen molar-refractivity contribution in [3.8, 4) is 0 Å². The number of nitrogen functional groups attached to an aromatic ring is 1. The molecule has 4 rings (SSSR count). The Labute approximate surface area is 128 Å². The largest absolute Gasteiger partial charge is 0.390 e. The molecule has 0 spiro atoms. The zero-order valence-corrected chi connectivity index (χ0v) is 12.7. The van der Waals surface area contributed by atoms with Crippen molar-refractivity contribution in [1.82, 2.24) is 14.5 Å². The van der Waals surface area contributed by atoms with E-state index in [1.165, 1.54) is 0 Å². The first-order valence-electron chi connectivity index (χ1n) is 7.87. The number of imidazole rings is 1. The number of hydrogen-bond acceptors (Lipinski definition) is 4. The summed E-state index contributed by atoms with van der Waals surface area (Å²) in [7, 11) is 0. The molecule has 0 bridgehead atoms. The first-order valence-corrected chi connectivity index (χ1v) is 7.87. The van der Waals surface area contributed by atoms with Gasteiger partial charge in [-0.25, -0.2) is 9.97 Å². The fourth-order valence-electron chi connectivity index (χ4n) is 3.13. The van der Waals surface area contributed by atoms with Crippen LogP contribution in [-0.2, 0) is 13.0 Å². The zero-order chi connectivity index (χ0) is 15.3. The van der Waals surface area contributed by atoms with Gasteiger partial charge in [-0.15, -0.1) is 0 Å². The molecule has 114 valence electrons. The Balaban J connectivity index is 1.95. The predicted octanol–water partition coefficient (Wildman–Crippen LogP) is 2.64. The van der Waals surface area contributed by atoms with E-state index in [2.05, 4.69) is 22.5 Å².